The summed E-state index contributed by atoms with van der Waals surface area (Å²) in [7, 11) is 0. The molecule has 31 heavy (non-hydrogen) atoms. The summed E-state index contributed by atoms with van der Waals surface area (Å²) in [4.78, 5) is 7.64. The highest BCUT2D eigenvalue weighted by molar-refractivity contribution is 6.30. The Hall–Kier alpha value is -3.14. The molecule has 0 radical (unpaired) electrons. The molecule has 0 amide bonds. The Morgan fingerprint density at radius 1 is 1.23 bits per heavy atom. The summed E-state index contributed by atoms with van der Waals surface area (Å²) < 4.78 is 1.86. The van der Waals surface area contributed by atoms with Crippen molar-refractivity contribution >= 4 is 22.5 Å². The molecule has 1 aliphatic carbocycles. The number of aromatic nitrogens is 4. The molecule has 0 unspecified atom stereocenters. The molecule has 5 rings (SSSR count). The van der Waals surface area contributed by atoms with Gasteiger partial charge in [-0.15, -0.1) is 0 Å². The summed E-state index contributed by atoms with van der Waals surface area (Å²) in [5.41, 5.74) is 5.37. The average Bonchev–Trinajstić information content (AvgIpc) is 3.36. The van der Waals surface area contributed by atoms with Crippen LogP contribution < -0.4 is 5.32 Å². The number of nitriles is 1. The van der Waals surface area contributed by atoms with Gasteiger partial charge in [0, 0.05) is 41.3 Å². The summed E-state index contributed by atoms with van der Waals surface area (Å²) in [5, 5.41) is 19.1. The van der Waals surface area contributed by atoms with Gasteiger partial charge in [-0.2, -0.15) is 10.4 Å². The maximum atomic E-state index is 9.32. The number of hydrogen-bond donors (Lipinski definition) is 2. The lowest BCUT2D eigenvalue weighted by atomic mass is 9.85. The number of aromatic amines is 1. The molecule has 3 aromatic heterocycles. The van der Waals surface area contributed by atoms with Crippen LogP contribution >= 0.6 is 11.6 Å². The molecule has 0 atom stereocenters. The number of halogens is 1. The Kier molecular flexibility index (Phi) is 5.46. The molecule has 1 fully saturated rings. The van der Waals surface area contributed by atoms with Crippen LogP contribution in [-0.2, 0) is 13.1 Å². The van der Waals surface area contributed by atoms with Crippen LogP contribution in [0.1, 0.15) is 36.2 Å². The van der Waals surface area contributed by atoms with Crippen LogP contribution in [0.25, 0.3) is 22.0 Å². The van der Waals surface area contributed by atoms with E-state index in [4.69, 9.17) is 11.6 Å². The number of nitrogens with one attached hydrogen (secondary N) is 2. The SMILES string of the molecule is N#Cc1ncc(Cl)cc1-c1cnn(Cc2ccc3cc(CNCC4CCC4)[nH]c3c2)c1. The molecule has 7 heteroatoms. The maximum absolute atomic E-state index is 9.32. The van der Waals surface area contributed by atoms with Crippen molar-refractivity contribution in [3.05, 3.63) is 70.9 Å². The van der Waals surface area contributed by atoms with E-state index in [9.17, 15) is 5.26 Å². The third kappa shape index (κ3) is 4.34. The molecule has 0 saturated heterocycles. The summed E-state index contributed by atoms with van der Waals surface area (Å²) in [6.07, 6.45) is 9.26. The van der Waals surface area contributed by atoms with Gasteiger partial charge in [-0.3, -0.25) is 4.68 Å². The minimum absolute atomic E-state index is 0.343. The second kappa shape index (κ2) is 8.54. The van der Waals surface area contributed by atoms with Crippen LogP contribution in [0.2, 0.25) is 5.02 Å². The van der Waals surface area contributed by atoms with Gasteiger partial charge in [-0.1, -0.05) is 30.2 Å². The molecular weight excluding hydrogens is 408 g/mol. The molecule has 2 N–H and O–H groups in total. The van der Waals surface area contributed by atoms with E-state index in [1.165, 1.54) is 36.5 Å². The average molecular weight is 431 g/mol. The van der Waals surface area contributed by atoms with Crippen molar-refractivity contribution in [3.8, 4) is 17.2 Å². The Labute approximate surface area is 185 Å². The van der Waals surface area contributed by atoms with Crippen LogP contribution in [0.4, 0.5) is 0 Å². The molecule has 0 aliphatic heterocycles. The molecule has 1 aliphatic rings. The Bertz CT molecular complexity index is 1260. The van der Waals surface area contributed by atoms with E-state index in [0.29, 0.717) is 22.8 Å². The van der Waals surface area contributed by atoms with E-state index in [2.05, 4.69) is 50.7 Å². The number of benzene rings is 1. The molecule has 0 spiro atoms. The van der Waals surface area contributed by atoms with E-state index in [1.807, 2.05) is 10.9 Å². The van der Waals surface area contributed by atoms with Gasteiger partial charge in [0.15, 0.2) is 0 Å². The molecule has 4 aromatic rings. The zero-order valence-electron chi connectivity index (χ0n) is 17.1. The topological polar surface area (TPSA) is 82.3 Å². The highest BCUT2D eigenvalue weighted by Crippen LogP contribution is 2.26. The first-order valence-electron chi connectivity index (χ1n) is 10.6. The van der Waals surface area contributed by atoms with E-state index in [1.54, 1.807) is 12.3 Å². The minimum Gasteiger partial charge on any atom is -0.357 e. The van der Waals surface area contributed by atoms with Crippen molar-refractivity contribution in [2.45, 2.75) is 32.4 Å². The van der Waals surface area contributed by atoms with E-state index in [0.717, 1.165) is 35.7 Å². The largest absolute Gasteiger partial charge is 0.357 e. The number of rotatable bonds is 7. The van der Waals surface area contributed by atoms with Crippen LogP contribution in [0.15, 0.2) is 48.9 Å². The first-order valence-corrected chi connectivity index (χ1v) is 11.0. The van der Waals surface area contributed by atoms with Gasteiger partial charge >= 0.3 is 0 Å². The van der Waals surface area contributed by atoms with E-state index < -0.39 is 0 Å². The molecular formula is C24H23ClN6. The second-order valence-electron chi connectivity index (χ2n) is 8.23. The Morgan fingerprint density at radius 3 is 2.94 bits per heavy atom. The molecule has 0 bridgehead atoms. The van der Waals surface area contributed by atoms with Crippen LogP contribution in [0.3, 0.4) is 0 Å². The Morgan fingerprint density at radius 2 is 2.13 bits per heavy atom. The van der Waals surface area contributed by atoms with Gasteiger partial charge in [0.1, 0.15) is 11.8 Å². The second-order valence-corrected chi connectivity index (χ2v) is 8.67. The maximum Gasteiger partial charge on any atom is 0.148 e. The van der Waals surface area contributed by atoms with Crippen LogP contribution in [0, 0.1) is 17.2 Å². The third-order valence-corrected chi connectivity index (χ3v) is 6.17. The fourth-order valence-electron chi connectivity index (χ4n) is 4.06. The smallest absolute Gasteiger partial charge is 0.148 e. The van der Waals surface area contributed by atoms with Gasteiger partial charge < -0.3 is 10.3 Å². The normalized spacial score (nSPS) is 13.9. The fraction of sp³-hybridized carbons (Fsp3) is 0.292. The van der Waals surface area contributed by atoms with Gasteiger partial charge in [-0.25, -0.2) is 4.98 Å². The first-order chi connectivity index (χ1) is 15.2. The van der Waals surface area contributed by atoms with Crippen molar-refractivity contribution in [1.29, 1.82) is 5.26 Å². The van der Waals surface area contributed by atoms with E-state index >= 15 is 0 Å². The van der Waals surface area contributed by atoms with Crippen LogP contribution in [0.5, 0.6) is 0 Å². The number of hydrogen-bond acceptors (Lipinski definition) is 4. The zero-order chi connectivity index (χ0) is 21.2. The van der Waals surface area contributed by atoms with Gasteiger partial charge in [0.25, 0.3) is 0 Å². The standard InChI is InChI=1S/C24H23ClN6/c25-20-8-22(24(9-26)28-12-20)19-11-29-31(15-19)14-17-4-5-18-7-21(30-23(18)6-17)13-27-10-16-2-1-3-16/h4-8,11-12,15-16,27,30H,1-3,10,13-14H2. The summed E-state index contributed by atoms with van der Waals surface area (Å²) in [6.45, 7) is 2.62. The third-order valence-electron chi connectivity index (χ3n) is 5.96. The monoisotopic (exact) mass is 430 g/mol. The number of H-pyrrole nitrogens is 1. The summed E-state index contributed by atoms with van der Waals surface area (Å²) in [6, 6.07) is 12.5. The first kappa shape index (κ1) is 19.8. The minimum atomic E-state index is 0.343. The van der Waals surface area contributed by atoms with Crippen molar-refractivity contribution in [1.82, 2.24) is 25.1 Å². The van der Waals surface area contributed by atoms with Crippen molar-refractivity contribution in [3.63, 3.8) is 0 Å². The van der Waals surface area contributed by atoms with Gasteiger partial charge in [-0.05, 0) is 54.5 Å². The Balaban J connectivity index is 1.29. The number of fused-ring (bicyclic) bond motifs is 1. The van der Waals surface area contributed by atoms with Crippen molar-refractivity contribution < 1.29 is 0 Å². The number of nitrogens with zero attached hydrogens (tertiary/aromatic N) is 4. The lowest BCUT2D eigenvalue weighted by Crippen LogP contribution is -2.26. The fourth-order valence-corrected chi connectivity index (χ4v) is 4.22. The molecule has 156 valence electrons. The predicted molar refractivity (Wildman–Crippen MR) is 122 cm³/mol. The molecule has 1 saturated carbocycles. The highest BCUT2D eigenvalue weighted by Gasteiger charge is 2.16. The van der Waals surface area contributed by atoms with Gasteiger partial charge in [0.05, 0.1) is 17.8 Å². The lowest BCUT2D eigenvalue weighted by molar-refractivity contribution is 0.301. The summed E-state index contributed by atoms with van der Waals surface area (Å²) in [5.74, 6) is 0.863. The van der Waals surface area contributed by atoms with Crippen molar-refractivity contribution in [2.75, 3.05) is 6.54 Å². The zero-order valence-corrected chi connectivity index (χ0v) is 17.9. The molecule has 1 aromatic carbocycles. The van der Waals surface area contributed by atoms with Gasteiger partial charge in [0.2, 0.25) is 0 Å². The van der Waals surface area contributed by atoms with Crippen molar-refractivity contribution in [2.24, 2.45) is 5.92 Å². The predicted octanol–water partition coefficient (Wildman–Crippen LogP) is 4.89. The van der Waals surface area contributed by atoms with E-state index in [-0.39, 0.29) is 0 Å². The highest BCUT2D eigenvalue weighted by atomic mass is 35.5. The van der Waals surface area contributed by atoms with Crippen LogP contribution in [-0.4, -0.2) is 26.3 Å². The molecule has 6 nitrogen and oxygen atoms in total. The lowest BCUT2D eigenvalue weighted by Gasteiger charge is -2.25. The summed E-state index contributed by atoms with van der Waals surface area (Å²) >= 11 is 6.07. The molecule has 3 heterocycles. The number of pyridine rings is 1. The quantitative estimate of drug-likeness (QED) is 0.437.